The zero-order valence-electron chi connectivity index (χ0n) is 13.5. The lowest BCUT2D eigenvalue weighted by molar-refractivity contribution is 0.624. The molecule has 2 aromatic heterocycles. The first-order chi connectivity index (χ1) is 11.6. The van der Waals surface area contributed by atoms with Gasteiger partial charge in [0.2, 0.25) is 0 Å². The van der Waals surface area contributed by atoms with Crippen LogP contribution in [0.5, 0.6) is 0 Å². The van der Waals surface area contributed by atoms with Gasteiger partial charge < -0.3 is 4.57 Å². The fourth-order valence-corrected chi connectivity index (χ4v) is 2.78. The van der Waals surface area contributed by atoms with Crippen LogP contribution in [0.25, 0.3) is 17.5 Å². The number of aryl methyl sites for hydroxylation is 1. The Morgan fingerprint density at radius 1 is 1.17 bits per heavy atom. The number of hydrogen-bond acceptors (Lipinski definition) is 2. The summed E-state index contributed by atoms with van der Waals surface area (Å²) in [6, 6.07) is 16.1. The van der Waals surface area contributed by atoms with Crippen molar-refractivity contribution in [1.82, 2.24) is 9.55 Å². The minimum absolute atomic E-state index is 0.300. The van der Waals surface area contributed by atoms with Gasteiger partial charge in [0, 0.05) is 23.1 Å². The number of nitriles is 1. The van der Waals surface area contributed by atoms with Crippen LogP contribution in [0.4, 0.5) is 4.39 Å². The maximum Gasteiger partial charge on any atom is 0.136 e. The second-order valence-electron chi connectivity index (χ2n) is 5.50. The van der Waals surface area contributed by atoms with E-state index in [-0.39, 0.29) is 0 Å². The molecule has 3 aromatic rings. The number of allylic oxidation sites excluding steroid dienone is 1. The molecule has 0 aliphatic rings. The Balaban J connectivity index is 2.11. The van der Waals surface area contributed by atoms with E-state index < -0.39 is 5.82 Å². The zero-order chi connectivity index (χ0) is 17.1. The van der Waals surface area contributed by atoms with E-state index in [0.717, 1.165) is 22.8 Å². The highest BCUT2D eigenvalue weighted by molar-refractivity contribution is 5.90. The molecule has 3 nitrogen and oxygen atoms in total. The van der Waals surface area contributed by atoms with Crippen LogP contribution in [0.15, 0.2) is 54.7 Å². The number of nitrogens with zero attached hydrogens (tertiary/aromatic N) is 3. The molecule has 0 aliphatic carbocycles. The van der Waals surface area contributed by atoms with Crippen molar-refractivity contribution in [1.29, 1.82) is 5.26 Å². The van der Waals surface area contributed by atoms with E-state index >= 15 is 0 Å². The lowest BCUT2D eigenvalue weighted by Crippen LogP contribution is -2.01. The van der Waals surface area contributed by atoms with E-state index in [2.05, 4.69) is 11.1 Å². The van der Waals surface area contributed by atoms with Crippen molar-refractivity contribution in [2.45, 2.75) is 13.8 Å². The van der Waals surface area contributed by atoms with E-state index in [1.165, 1.54) is 6.07 Å². The summed E-state index contributed by atoms with van der Waals surface area (Å²) < 4.78 is 16.0. The minimum Gasteiger partial charge on any atom is -0.303 e. The highest BCUT2D eigenvalue weighted by Crippen LogP contribution is 2.25. The Labute approximate surface area is 140 Å². The molecule has 0 amide bonds. The summed E-state index contributed by atoms with van der Waals surface area (Å²) in [4.78, 5) is 4.37. The molecule has 0 N–H and O–H groups in total. The normalized spacial score (nSPS) is 11.3. The largest absolute Gasteiger partial charge is 0.303 e. The van der Waals surface area contributed by atoms with Crippen molar-refractivity contribution in [2.75, 3.05) is 0 Å². The van der Waals surface area contributed by atoms with Crippen molar-refractivity contribution in [2.24, 2.45) is 0 Å². The van der Waals surface area contributed by atoms with Gasteiger partial charge in [0.25, 0.3) is 0 Å². The average molecular weight is 317 g/mol. The second kappa shape index (κ2) is 6.51. The van der Waals surface area contributed by atoms with Crippen molar-refractivity contribution >= 4 is 11.6 Å². The second-order valence-corrected chi connectivity index (χ2v) is 5.50. The summed E-state index contributed by atoms with van der Waals surface area (Å²) in [5.74, 6) is 0.417. The van der Waals surface area contributed by atoms with Gasteiger partial charge in [-0.25, -0.2) is 9.37 Å². The van der Waals surface area contributed by atoms with Crippen LogP contribution in [-0.4, -0.2) is 9.55 Å². The maximum absolute atomic E-state index is 14.0. The Morgan fingerprint density at radius 3 is 2.58 bits per heavy atom. The molecule has 0 saturated carbocycles. The summed E-state index contributed by atoms with van der Waals surface area (Å²) in [5.41, 5.74) is 3.44. The summed E-state index contributed by atoms with van der Waals surface area (Å²) in [6.07, 6.45) is 3.46. The summed E-state index contributed by atoms with van der Waals surface area (Å²) in [7, 11) is 0. The Morgan fingerprint density at radius 2 is 1.92 bits per heavy atom. The zero-order valence-corrected chi connectivity index (χ0v) is 13.5. The molecule has 0 aliphatic heterocycles. The molecule has 0 fully saturated rings. The van der Waals surface area contributed by atoms with Crippen molar-refractivity contribution < 1.29 is 4.39 Å². The average Bonchev–Trinajstić information content (AvgIpc) is 2.88. The van der Waals surface area contributed by atoms with Crippen LogP contribution in [-0.2, 0) is 0 Å². The van der Waals surface area contributed by atoms with Crippen LogP contribution in [0, 0.1) is 31.0 Å². The molecule has 4 heteroatoms. The molecule has 0 bridgehead atoms. The first-order valence-electron chi connectivity index (χ1n) is 7.59. The predicted octanol–water partition coefficient (Wildman–Crippen LogP) is 4.69. The van der Waals surface area contributed by atoms with E-state index in [4.69, 9.17) is 0 Å². The number of halogens is 1. The van der Waals surface area contributed by atoms with Gasteiger partial charge in [0.05, 0.1) is 11.6 Å². The molecule has 3 rings (SSSR count). The quantitative estimate of drug-likeness (QED) is 0.657. The molecule has 0 saturated heterocycles. The molecule has 24 heavy (non-hydrogen) atoms. The Hall–Kier alpha value is -3.19. The number of benzene rings is 1. The van der Waals surface area contributed by atoms with Gasteiger partial charge in [-0.1, -0.05) is 24.3 Å². The fraction of sp³-hybridized carbons (Fsp3) is 0.100. The van der Waals surface area contributed by atoms with Crippen LogP contribution in [0.3, 0.4) is 0 Å². The van der Waals surface area contributed by atoms with E-state index in [0.29, 0.717) is 11.1 Å². The topological polar surface area (TPSA) is 41.6 Å². The van der Waals surface area contributed by atoms with Gasteiger partial charge in [0.1, 0.15) is 11.6 Å². The highest BCUT2D eigenvalue weighted by Gasteiger charge is 2.12. The van der Waals surface area contributed by atoms with Gasteiger partial charge in [-0.05, 0) is 49.8 Å². The van der Waals surface area contributed by atoms with Crippen molar-refractivity contribution in [3.05, 3.63) is 83.1 Å². The smallest absolute Gasteiger partial charge is 0.136 e. The molecule has 0 spiro atoms. The van der Waals surface area contributed by atoms with Crippen LogP contribution >= 0.6 is 0 Å². The van der Waals surface area contributed by atoms with Gasteiger partial charge in [-0.15, -0.1) is 0 Å². The lowest BCUT2D eigenvalue weighted by Gasteiger charge is -2.08. The van der Waals surface area contributed by atoms with Crippen molar-refractivity contribution in [3.8, 4) is 11.9 Å². The van der Waals surface area contributed by atoms with E-state index in [1.807, 2.05) is 42.7 Å². The predicted molar refractivity (Wildman–Crippen MR) is 92.9 cm³/mol. The third-order valence-electron chi connectivity index (χ3n) is 3.93. The SMILES string of the molecule is Cc1cc(/C=C(/C#N)c2ccccc2F)c(C)n1-c1ccccn1. The number of rotatable bonds is 3. The first kappa shape index (κ1) is 15.7. The third kappa shape index (κ3) is 2.84. The minimum atomic E-state index is -0.399. The number of aromatic nitrogens is 2. The highest BCUT2D eigenvalue weighted by atomic mass is 19.1. The third-order valence-corrected chi connectivity index (χ3v) is 3.93. The van der Waals surface area contributed by atoms with E-state index in [9.17, 15) is 9.65 Å². The molecule has 0 radical (unpaired) electrons. The molecule has 1 aromatic carbocycles. The summed E-state index contributed by atoms with van der Waals surface area (Å²) in [5, 5.41) is 9.45. The van der Waals surface area contributed by atoms with Gasteiger partial charge in [-0.3, -0.25) is 0 Å². The van der Waals surface area contributed by atoms with E-state index in [1.54, 1.807) is 30.5 Å². The van der Waals surface area contributed by atoms with Gasteiger partial charge in [0.15, 0.2) is 0 Å². The van der Waals surface area contributed by atoms with Crippen LogP contribution in [0.2, 0.25) is 0 Å². The Bertz CT molecular complexity index is 947. The van der Waals surface area contributed by atoms with Crippen LogP contribution in [0.1, 0.15) is 22.5 Å². The van der Waals surface area contributed by atoms with Crippen molar-refractivity contribution in [3.63, 3.8) is 0 Å². The maximum atomic E-state index is 14.0. The summed E-state index contributed by atoms with van der Waals surface area (Å²) >= 11 is 0. The lowest BCUT2D eigenvalue weighted by atomic mass is 10.0. The first-order valence-corrected chi connectivity index (χ1v) is 7.59. The molecule has 0 atom stereocenters. The monoisotopic (exact) mass is 317 g/mol. The van der Waals surface area contributed by atoms with Gasteiger partial charge >= 0.3 is 0 Å². The van der Waals surface area contributed by atoms with Gasteiger partial charge in [-0.2, -0.15) is 5.26 Å². The summed E-state index contributed by atoms with van der Waals surface area (Å²) in [6.45, 7) is 3.94. The Kier molecular flexibility index (Phi) is 4.26. The molecule has 0 unspecified atom stereocenters. The molecular formula is C20H16FN3. The van der Waals surface area contributed by atoms with Crippen LogP contribution < -0.4 is 0 Å². The standard InChI is InChI=1S/C20H16FN3/c1-14-11-16(15(2)24(14)20-9-5-6-10-23-20)12-17(13-22)18-7-3-4-8-19(18)21/h3-12H,1-2H3/b17-12-. The molecular weight excluding hydrogens is 301 g/mol. The molecule has 2 heterocycles. The molecule has 118 valence electrons. The number of pyridine rings is 1. The number of hydrogen-bond donors (Lipinski definition) is 0. The fourth-order valence-electron chi connectivity index (χ4n) is 2.78.